The van der Waals surface area contributed by atoms with Crippen molar-refractivity contribution < 1.29 is 9.32 Å². The highest BCUT2D eigenvalue weighted by Gasteiger charge is 2.10. The lowest BCUT2D eigenvalue weighted by atomic mass is 10.1. The fourth-order valence-electron chi connectivity index (χ4n) is 2.71. The van der Waals surface area contributed by atoms with Gasteiger partial charge in [0, 0.05) is 29.3 Å². The third-order valence-corrected chi connectivity index (χ3v) is 3.90. The van der Waals surface area contributed by atoms with Gasteiger partial charge in [0.15, 0.2) is 0 Å². The van der Waals surface area contributed by atoms with Crippen LogP contribution in [-0.2, 0) is 13.0 Å². The first-order valence-corrected chi connectivity index (χ1v) is 8.70. The molecule has 0 aliphatic rings. The predicted molar refractivity (Wildman–Crippen MR) is 98.6 cm³/mol. The minimum atomic E-state index is -0.160. The molecule has 0 saturated carbocycles. The Balaban J connectivity index is 1.78. The standard InChI is InChI=1S/C20H22N4O2/c1-4-6-19-22-13(2)9-18(23-19)15-7-5-8-16(11-15)20(25)21-12-17-10-14(3)26-24-17/h5,7-11H,4,6,12H2,1-3H3,(H,21,25). The van der Waals surface area contributed by atoms with Crippen molar-refractivity contribution in [1.82, 2.24) is 20.4 Å². The molecule has 6 nitrogen and oxygen atoms in total. The molecule has 134 valence electrons. The van der Waals surface area contributed by atoms with Gasteiger partial charge in [-0.3, -0.25) is 4.79 Å². The van der Waals surface area contributed by atoms with Gasteiger partial charge in [0.2, 0.25) is 0 Å². The minimum Gasteiger partial charge on any atom is -0.361 e. The Morgan fingerprint density at radius 1 is 1.15 bits per heavy atom. The smallest absolute Gasteiger partial charge is 0.251 e. The van der Waals surface area contributed by atoms with Crippen LogP contribution in [0.3, 0.4) is 0 Å². The highest BCUT2D eigenvalue weighted by molar-refractivity contribution is 5.95. The molecule has 0 unspecified atom stereocenters. The summed E-state index contributed by atoms with van der Waals surface area (Å²) in [5, 5.41) is 6.73. The van der Waals surface area contributed by atoms with Crippen LogP contribution in [0.5, 0.6) is 0 Å². The number of hydrogen-bond donors (Lipinski definition) is 1. The Morgan fingerprint density at radius 3 is 2.73 bits per heavy atom. The molecule has 0 saturated heterocycles. The lowest BCUT2D eigenvalue weighted by Gasteiger charge is -2.08. The zero-order valence-electron chi connectivity index (χ0n) is 15.2. The van der Waals surface area contributed by atoms with Crippen molar-refractivity contribution in [1.29, 1.82) is 0 Å². The maximum absolute atomic E-state index is 12.4. The number of nitrogens with one attached hydrogen (secondary N) is 1. The van der Waals surface area contributed by atoms with Crippen LogP contribution in [0, 0.1) is 13.8 Å². The highest BCUT2D eigenvalue weighted by Crippen LogP contribution is 2.20. The van der Waals surface area contributed by atoms with Gasteiger partial charge in [0.25, 0.3) is 5.91 Å². The third-order valence-electron chi connectivity index (χ3n) is 3.90. The van der Waals surface area contributed by atoms with Crippen molar-refractivity contribution in [2.24, 2.45) is 0 Å². The number of benzene rings is 1. The molecule has 2 heterocycles. The molecule has 0 aliphatic heterocycles. The van der Waals surface area contributed by atoms with Gasteiger partial charge in [-0.15, -0.1) is 0 Å². The van der Waals surface area contributed by atoms with Crippen LogP contribution >= 0.6 is 0 Å². The van der Waals surface area contributed by atoms with E-state index in [0.717, 1.165) is 41.4 Å². The Bertz CT molecular complexity index is 918. The van der Waals surface area contributed by atoms with E-state index in [1.165, 1.54) is 0 Å². The number of carbonyl (C=O) groups excluding carboxylic acids is 1. The van der Waals surface area contributed by atoms with Crippen molar-refractivity contribution in [3.05, 3.63) is 64.9 Å². The quantitative estimate of drug-likeness (QED) is 0.734. The van der Waals surface area contributed by atoms with Crippen LogP contribution in [0.1, 0.15) is 46.7 Å². The molecule has 1 amide bonds. The van der Waals surface area contributed by atoms with Crippen LogP contribution in [0.25, 0.3) is 11.3 Å². The van der Waals surface area contributed by atoms with Gasteiger partial charge in [0.1, 0.15) is 17.3 Å². The van der Waals surface area contributed by atoms with Gasteiger partial charge >= 0.3 is 0 Å². The Kier molecular flexibility index (Phi) is 5.41. The SMILES string of the molecule is CCCc1nc(C)cc(-c2cccc(C(=O)NCc3cc(C)on3)c2)n1. The third kappa shape index (κ3) is 4.33. The largest absolute Gasteiger partial charge is 0.361 e. The van der Waals surface area contributed by atoms with Crippen LogP contribution in [0.15, 0.2) is 40.9 Å². The summed E-state index contributed by atoms with van der Waals surface area (Å²) in [6.07, 6.45) is 1.83. The molecule has 2 aromatic heterocycles. The monoisotopic (exact) mass is 350 g/mol. The van der Waals surface area contributed by atoms with Crippen LogP contribution < -0.4 is 5.32 Å². The predicted octanol–water partition coefficient (Wildman–Crippen LogP) is 3.63. The van der Waals surface area contributed by atoms with Gasteiger partial charge in [-0.2, -0.15) is 0 Å². The van der Waals surface area contributed by atoms with E-state index in [-0.39, 0.29) is 5.91 Å². The second-order valence-electron chi connectivity index (χ2n) is 6.25. The second-order valence-corrected chi connectivity index (χ2v) is 6.25. The normalized spacial score (nSPS) is 10.7. The van der Waals surface area contributed by atoms with Crippen molar-refractivity contribution in [3.8, 4) is 11.3 Å². The zero-order valence-corrected chi connectivity index (χ0v) is 15.2. The molecule has 1 N–H and O–H groups in total. The fraction of sp³-hybridized carbons (Fsp3) is 0.300. The number of hydrogen-bond acceptors (Lipinski definition) is 5. The average molecular weight is 350 g/mol. The summed E-state index contributed by atoms with van der Waals surface area (Å²) < 4.78 is 5.01. The first kappa shape index (κ1) is 17.8. The van der Waals surface area contributed by atoms with E-state index in [1.54, 1.807) is 12.1 Å². The van der Waals surface area contributed by atoms with E-state index in [9.17, 15) is 4.79 Å². The molecule has 0 atom stereocenters. The number of aryl methyl sites for hydroxylation is 3. The van der Waals surface area contributed by atoms with Crippen molar-refractivity contribution in [2.45, 2.75) is 40.2 Å². The molecule has 26 heavy (non-hydrogen) atoms. The summed E-state index contributed by atoms with van der Waals surface area (Å²) in [5.74, 6) is 1.39. The maximum atomic E-state index is 12.4. The van der Waals surface area contributed by atoms with E-state index >= 15 is 0 Å². The number of aromatic nitrogens is 3. The molecule has 0 aliphatic carbocycles. The Morgan fingerprint density at radius 2 is 2.00 bits per heavy atom. The molecule has 3 aromatic rings. The average Bonchev–Trinajstić information content (AvgIpc) is 3.05. The zero-order chi connectivity index (χ0) is 18.5. The maximum Gasteiger partial charge on any atom is 0.251 e. The lowest BCUT2D eigenvalue weighted by molar-refractivity contribution is 0.0950. The number of nitrogens with zero attached hydrogens (tertiary/aromatic N) is 3. The molecular weight excluding hydrogens is 328 g/mol. The number of rotatable bonds is 6. The van der Waals surface area contributed by atoms with Crippen LogP contribution in [0.4, 0.5) is 0 Å². The van der Waals surface area contributed by atoms with Crippen molar-refractivity contribution >= 4 is 5.91 Å². The molecule has 6 heteroatoms. The summed E-state index contributed by atoms with van der Waals surface area (Å²) in [5.41, 5.74) is 3.94. The highest BCUT2D eigenvalue weighted by atomic mass is 16.5. The lowest BCUT2D eigenvalue weighted by Crippen LogP contribution is -2.22. The fourth-order valence-corrected chi connectivity index (χ4v) is 2.71. The summed E-state index contributed by atoms with van der Waals surface area (Å²) in [4.78, 5) is 21.5. The van der Waals surface area contributed by atoms with Crippen molar-refractivity contribution in [2.75, 3.05) is 0 Å². The van der Waals surface area contributed by atoms with E-state index in [1.807, 2.05) is 38.1 Å². The van der Waals surface area contributed by atoms with Gasteiger partial charge in [-0.25, -0.2) is 9.97 Å². The second kappa shape index (κ2) is 7.91. The molecule has 0 spiro atoms. The molecular formula is C20H22N4O2. The molecule has 0 fully saturated rings. The van der Waals surface area contributed by atoms with Crippen molar-refractivity contribution in [3.63, 3.8) is 0 Å². The van der Waals surface area contributed by atoms with Gasteiger partial charge < -0.3 is 9.84 Å². The van der Waals surface area contributed by atoms with Gasteiger partial charge in [-0.05, 0) is 38.5 Å². The Labute approximate surface area is 152 Å². The number of carbonyl (C=O) groups is 1. The van der Waals surface area contributed by atoms with Crippen LogP contribution in [0.2, 0.25) is 0 Å². The molecule has 0 bridgehead atoms. The molecule has 3 rings (SSSR count). The Hall–Kier alpha value is -3.02. The summed E-state index contributed by atoms with van der Waals surface area (Å²) >= 11 is 0. The van der Waals surface area contributed by atoms with E-state index in [4.69, 9.17) is 4.52 Å². The molecule has 1 aromatic carbocycles. The minimum absolute atomic E-state index is 0.160. The first-order chi connectivity index (χ1) is 12.5. The van der Waals surface area contributed by atoms with Crippen LogP contribution in [-0.4, -0.2) is 21.0 Å². The summed E-state index contributed by atoms with van der Waals surface area (Å²) in [7, 11) is 0. The topological polar surface area (TPSA) is 80.9 Å². The number of amides is 1. The van der Waals surface area contributed by atoms with E-state index < -0.39 is 0 Å². The van der Waals surface area contributed by atoms with E-state index in [2.05, 4.69) is 27.4 Å². The van der Waals surface area contributed by atoms with E-state index in [0.29, 0.717) is 17.8 Å². The van der Waals surface area contributed by atoms with Gasteiger partial charge in [0.05, 0.1) is 12.2 Å². The summed E-state index contributed by atoms with van der Waals surface area (Å²) in [6.45, 7) is 6.21. The molecule has 0 radical (unpaired) electrons. The van der Waals surface area contributed by atoms with Gasteiger partial charge in [-0.1, -0.05) is 24.2 Å². The first-order valence-electron chi connectivity index (χ1n) is 8.70. The summed E-state index contributed by atoms with van der Waals surface area (Å²) in [6, 6.07) is 11.2.